The number of para-hydroxylation sites is 2. The van der Waals surface area contributed by atoms with E-state index < -0.39 is 23.8 Å². The maximum atomic E-state index is 13.2. The molecular formula is C27H30N6O4. The maximum absolute atomic E-state index is 13.2. The zero-order chi connectivity index (χ0) is 25.7. The summed E-state index contributed by atoms with van der Waals surface area (Å²) < 4.78 is 0. The minimum absolute atomic E-state index is 0.0126. The summed E-state index contributed by atoms with van der Waals surface area (Å²) in [6.45, 7) is 2.28. The first-order valence-electron chi connectivity index (χ1n) is 12.7. The zero-order valence-electron chi connectivity index (χ0n) is 20.6. The molecule has 3 saturated heterocycles. The van der Waals surface area contributed by atoms with Crippen LogP contribution in [0.15, 0.2) is 59.6 Å². The molecule has 10 heteroatoms. The number of piperidine rings is 1. The molecule has 0 aliphatic carbocycles. The van der Waals surface area contributed by atoms with Crippen molar-refractivity contribution in [3.05, 3.63) is 60.2 Å². The van der Waals surface area contributed by atoms with Crippen LogP contribution >= 0.6 is 0 Å². The number of hydrogen-bond acceptors (Lipinski definition) is 7. The summed E-state index contributed by atoms with van der Waals surface area (Å²) in [5, 5.41) is 16.4. The van der Waals surface area contributed by atoms with Crippen LogP contribution in [-0.4, -0.2) is 69.1 Å². The number of nitrogens with zero attached hydrogens (tertiary/aromatic N) is 4. The van der Waals surface area contributed by atoms with Crippen molar-refractivity contribution < 1.29 is 19.5 Å². The minimum atomic E-state index is -2.16. The van der Waals surface area contributed by atoms with Gasteiger partial charge in [0, 0.05) is 31.6 Å². The van der Waals surface area contributed by atoms with Gasteiger partial charge in [-0.2, -0.15) is 0 Å². The molecular weight excluding hydrogens is 472 g/mol. The summed E-state index contributed by atoms with van der Waals surface area (Å²) >= 11 is 0. The van der Waals surface area contributed by atoms with E-state index in [0.717, 1.165) is 32.2 Å². The van der Waals surface area contributed by atoms with Gasteiger partial charge in [0.2, 0.25) is 5.91 Å². The molecule has 2 aromatic rings. The number of amides is 4. The molecule has 0 aromatic heterocycles. The number of nitrogens with one attached hydrogen (secondary N) is 2. The van der Waals surface area contributed by atoms with Gasteiger partial charge in [-0.1, -0.05) is 42.5 Å². The standard InChI is InChI=1S/C27H30N6O4/c1-17(34)29-22-9-5-6-10-23(22)33-25-27(37,24(35)30-26(33)36)28-16-32(25)21-13-19-11-12-20(14-21)31(19)15-18-7-3-2-4-8-18/h2-10,16,19-21,25,37H,11-15H2,1H3,(H,29,34)(H,30,35,36). The van der Waals surface area contributed by atoms with E-state index >= 15 is 0 Å². The van der Waals surface area contributed by atoms with Crippen molar-refractivity contribution in [2.75, 3.05) is 10.2 Å². The molecule has 3 fully saturated rings. The highest BCUT2D eigenvalue weighted by molar-refractivity contribution is 6.12. The predicted octanol–water partition coefficient (Wildman–Crippen LogP) is 2.26. The number of benzene rings is 2. The SMILES string of the molecule is CC(=O)Nc1ccccc1N1C(=O)NC(=O)C2(O)N=CN(C3CC4CCC(C3)N4Cc3ccccc3)C12. The van der Waals surface area contributed by atoms with Crippen molar-refractivity contribution in [1.29, 1.82) is 0 Å². The molecule has 192 valence electrons. The molecule has 4 heterocycles. The second-order valence-electron chi connectivity index (χ2n) is 10.3. The monoisotopic (exact) mass is 502 g/mol. The number of aliphatic imine (C=N–C) groups is 1. The van der Waals surface area contributed by atoms with Crippen LogP contribution in [0.1, 0.15) is 38.2 Å². The van der Waals surface area contributed by atoms with Crippen molar-refractivity contribution in [2.45, 2.75) is 69.2 Å². The molecule has 4 aliphatic heterocycles. The third kappa shape index (κ3) is 3.96. The Morgan fingerprint density at radius 3 is 2.43 bits per heavy atom. The van der Waals surface area contributed by atoms with Crippen LogP contribution in [0.4, 0.5) is 16.2 Å². The van der Waals surface area contributed by atoms with E-state index in [1.807, 2.05) is 11.0 Å². The molecule has 3 N–H and O–H groups in total. The molecule has 0 saturated carbocycles. The topological polar surface area (TPSA) is 118 Å². The van der Waals surface area contributed by atoms with Gasteiger partial charge < -0.3 is 15.3 Å². The molecule has 0 radical (unpaired) electrons. The summed E-state index contributed by atoms with van der Waals surface area (Å²) in [5.41, 5.74) is -0.0832. The predicted molar refractivity (Wildman–Crippen MR) is 138 cm³/mol. The number of carbonyl (C=O) groups is 3. The van der Waals surface area contributed by atoms with E-state index in [1.54, 1.807) is 24.3 Å². The van der Waals surface area contributed by atoms with E-state index in [2.05, 4.69) is 44.8 Å². The average molecular weight is 503 g/mol. The Morgan fingerprint density at radius 2 is 1.73 bits per heavy atom. The molecule has 4 aliphatic rings. The summed E-state index contributed by atoms with van der Waals surface area (Å²) in [5.74, 6) is -1.14. The van der Waals surface area contributed by atoms with Crippen LogP contribution in [0.2, 0.25) is 0 Å². The van der Waals surface area contributed by atoms with Crippen molar-refractivity contribution in [1.82, 2.24) is 15.1 Å². The highest BCUT2D eigenvalue weighted by Crippen LogP contribution is 2.43. The lowest BCUT2D eigenvalue weighted by Gasteiger charge is -2.49. The Morgan fingerprint density at radius 1 is 1.05 bits per heavy atom. The second kappa shape index (κ2) is 8.97. The third-order valence-electron chi connectivity index (χ3n) is 8.01. The highest BCUT2D eigenvalue weighted by Gasteiger charge is 2.61. The van der Waals surface area contributed by atoms with Crippen LogP contribution < -0.4 is 15.5 Å². The number of aliphatic hydroxyl groups is 1. The summed E-state index contributed by atoms with van der Waals surface area (Å²) in [4.78, 5) is 48.0. The van der Waals surface area contributed by atoms with Crippen LogP contribution in [0.3, 0.4) is 0 Å². The van der Waals surface area contributed by atoms with Gasteiger partial charge in [0.25, 0.3) is 11.6 Å². The lowest BCUT2D eigenvalue weighted by molar-refractivity contribution is -0.144. The van der Waals surface area contributed by atoms with Crippen molar-refractivity contribution in [3.63, 3.8) is 0 Å². The van der Waals surface area contributed by atoms with E-state index in [4.69, 9.17) is 0 Å². The minimum Gasteiger partial charge on any atom is -0.359 e. The van der Waals surface area contributed by atoms with E-state index in [1.165, 1.54) is 23.7 Å². The van der Waals surface area contributed by atoms with E-state index in [0.29, 0.717) is 23.5 Å². The Balaban J connectivity index is 1.31. The molecule has 37 heavy (non-hydrogen) atoms. The Labute approximate surface area is 214 Å². The van der Waals surface area contributed by atoms with Gasteiger partial charge in [-0.25, -0.2) is 9.79 Å². The molecule has 4 atom stereocenters. The number of anilines is 2. The number of imide groups is 1. The molecule has 4 unspecified atom stereocenters. The fourth-order valence-electron chi connectivity index (χ4n) is 6.40. The molecule has 2 bridgehead atoms. The van der Waals surface area contributed by atoms with Gasteiger partial charge in [0.15, 0.2) is 6.17 Å². The van der Waals surface area contributed by atoms with Crippen LogP contribution in [0.5, 0.6) is 0 Å². The van der Waals surface area contributed by atoms with Gasteiger partial charge in [-0.05, 0) is 43.4 Å². The summed E-state index contributed by atoms with van der Waals surface area (Å²) in [6.07, 6.45) is 4.30. The number of fused-ring (bicyclic) bond motifs is 3. The van der Waals surface area contributed by atoms with Crippen molar-refractivity contribution in [2.24, 2.45) is 4.99 Å². The maximum Gasteiger partial charge on any atom is 0.330 e. The third-order valence-corrected chi connectivity index (χ3v) is 8.01. The summed E-state index contributed by atoms with van der Waals surface area (Å²) in [6, 6.07) is 17.3. The largest absolute Gasteiger partial charge is 0.359 e. The number of rotatable bonds is 5. The number of carbonyl (C=O) groups excluding carboxylic acids is 3. The van der Waals surface area contributed by atoms with Gasteiger partial charge in [0.1, 0.15) is 0 Å². The Hall–Kier alpha value is -3.76. The second-order valence-corrected chi connectivity index (χ2v) is 10.3. The van der Waals surface area contributed by atoms with E-state index in [9.17, 15) is 19.5 Å². The fraction of sp³-hybridized carbons (Fsp3) is 0.407. The van der Waals surface area contributed by atoms with Crippen LogP contribution in [-0.2, 0) is 16.1 Å². The van der Waals surface area contributed by atoms with Crippen LogP contribution in [0.25, 0.3) is 0 Å². The first kappa shape index (κ1) is 23.6. The molecule has 0 spiro atoms. The van der Waals surface area contributed by atoms with Gasteiger partial charge >= 0.3 is 6.03 Å². The zero-order valence-corrected chi connectivity index (χ0v) is 20.6. The lowest BCUT2D eigenvalue weighted by atomic mass is 9.93. The first-order valence-corrected chi connectivity index (χ1v) is 12.7. The van der Waals surface area contributed by atoms with E-state index in [-0.39, 0.29) is 11.9 Å². The quantitative estimate of drug-likeness (QED) is 0.577. The normalized spacial score (nSPS) is 30.9. The van der Waals surface area contributed by atoms with Gasteiger partial charge in [-0.3, -0.25) is 24.7 Å². The highest BCUT2D eigenvalue weighted by atomic mass is 16.3. The first-order chi connectivity index (χ1) is 17.8. The molecule has 4 amide bonds. The van der Waals surface area contributed by atoms with Crippen LogP contribution in [0, 0.1) is 0 Å². The number of hydrogen-bond donors (Lipinski definition) is 3. The van der Waals surface area contributed by atoms with Gasteiger partial charge in [-0.15, -0.1) is 0 Å². The Bertz CT molecular complexity index is 1250. The number of urea groups is 1. The van der Waals surface area contributed by atoms with Crippen molar-refractivity contribution >= 4 is 35.6 Å². The average Bonchev–Trinajstić information content (AvgIpc) is 3.33. The summed E-state index contributed by atoms with van der Waals surface area (Å²) in [7, 11) is 0. The fourth-order valence-corrected chi connectivity index (χ4v) is 6.40. The molecule has 6 rings (SSSR count). The smallest absolute Gasteiger partial charge is 0.330 e. The van der Waals surface area contributed by atoms with Crippen molar-refractivity contribution in [3.8, 4) is 0 Å². The molecule has 10 nitrogen and oxygen atoms in total. The van der Waals surface area contributed by atoms with Gasteiger partial charge in [0.05, 0.1) is 17.7 Å². The lowest BCUT2D eigenvalue weighted by Crippen LogP contribution is -2.73. The molecule has 2 aromatic carbocycles. The Kier molecular flexibility index (Phi) is 5.73.